The van der Waals surface area contributed by atoms with Crippen LogP contribution in [0.1, 0.15) is 37.6 Å². The second-order valence-electron chi connectivity index (χ2n) is 6.35. The Hall–Kier alpha value is -0.450. The third kappa shape index (κ3) is 3.31. The number of piperazine rings is 1. The highest BCUT2D eigenvalue weighted by molar-refractivity contribution is 7.11. The zero-order valence-electron chi connectivity index (χ0n) is 12.2. The predicted octanol–water partition coefficient (Wildman–Crippen LogP) is 2.66. The molecule has 1 fully saturated rings. The molecule has 4 heteroatoms. The van der Waals surface area contributed by atoms with Gasteiger partial charge < -0.3 is 5.32 Å². The molecule has 1 atom stereocenters. The van der Waals surface area contributed by atoms with Crippen LogP contribution in [0.5, 0.6) is 0 Å². The summed E-state index contributed by atoms with van der Waals surface area (Å²) < 4.78 is 0. The standard InChI is InChI=1S/C14H25N3S/c1-10(2)12-7-16-14(4,5)9-17(12)8-13-15-6-11(3)18-13/h6,10,12,16H,7-9H2,1-5H3. The number of aromatic nitrogens is 1. The maximum atomic E-state index is 4.51. The second-order valence-corrected chi connectivity index (χ2v) is 7.67. The van der Waals surface area contributed by atoms with E-state index in [-0.39, 0.29) is 5.54 Å². The first-order valence-electron chi connectivity index (χ1n) is 6.78. The van der Waals surface area contributed by atoms with Gasteiger partial charge in [-0.15, -0.1) is 11.3 Å². The van der Waals surface area contributed by atoms with Gasteiger partial charge in [0.1, 0.15) is 5.01 Å². The van der Waals surface area contributed by atoms with Crippen molar-refractivity contribution in [2.75, 3.05) is 13.1 Å². The van der Waals surface area contributed by atoms with Crippen LogP contribution in [0.25, 0.3) is 0 Å². The minimum atomic E-state index is 0.206. The average molecular weight is 267 g/mol. The molecule has 102 valence electrons. The van der Waals surface area contributed by atoms with Crippen molar-refractivity contribution in [2.45, 2.75) is 52.7 Å². The molecular formula is C14H25N3S. The van der Waals surface area contributed by atoms with Gasteiger partial charge in [-0.1, -0.05) is 13.8 Å². The van der Waals surface area contributed by atoms with E-state index in [1.54, 1.807) is 0 Å². The molecule has 0 saturated carbocycles. The van der Waals surface area contributed by atoms with Crippen molar-refractivity contribution >= 4 is 11.3 Å². The van der Waals surface area contributed by atoms with Gasteiger partial charge in [-0.2, -0.15) is 0 Å². The van der Waals surface area contributed by atoms with Crippen LogP contribution in [0.4, 0.5) is 0 Å². The first-order valence-corrected chi connectivity index (χ1v) is 7.59. The van der Waals surface area contributed by atoms with Crippen molar-refractivity contribution in [3.63, 3.8) is 0 Å². The van der Waals surface area contributed by atoms with Gasteiger partial charge in [-0.25, -0.2) is 4.98 Å². The Morgan fingerprint density at radius 3 is 2.83 bits per heavy atom. The number of nitrogens with zero attached hydrogens (tertiary/aromatic N) is 2. The maximum Gasteiger partial charge on any atom is 0.107 e. The summed E-state index contributed by atoms with van der Waals surface area (Å²) in [6.07, 6.45) is 1.98. The summed E-state index contributed by atoms with van der Waals surface area (Å²) in [6, 6.07) is 0.613. The number of rotatable bonds is 3. The lowest BCUT2D eigenvalue weighted by Crippen LogP contribution is -2.62. The van der Waals surface area contributed by atoms with Crippen LogP contribution in [0.2, 0.25) is 0 Å². The van der Waals surface area contributed by atoms with E-state index in [4.69, 9.17) is 0 Å². The predicted molar refractivity (Wildman–Crippen MR) is 78.0 cm³/mol. The summed E-state index contributed by atoms with van der Waals surface area (Å²) >= 11 is 1.82. The smallest absolute Gasteiger partial charge is 0.107 e. The van der Waals surface area contributed by atoms with Gasteiger partial charge in [0, 0.05) is 35.7 Å². The number of hydrogen-bond donors (Lipinski definition) is 1. The number of nitrogens with one attached hydrogen (secondary N) is 1. The summed E-state index contributed by atoms with van der Waals surface area (Å²) in [5.74, 6) is 0.676. The van der Waals surface area contributed by atoms with Gasteiger partial charge in [-0.05, 0) is 26.7 Å². The lowest BCUT2D eigenvalue weighted by Gasteiger charge is -2.46. The maximum absolute atomic E-state index is 4.51. The fourth-order valence-electron chi connectivity index (χ4n) is 2.67. The van der Waals surface area contributed by atoms with Gasteiger partial charge in [0.2, 0.25) is 0 Å². The van der Waals surface area contributed by atoms with Crippen molar-refractivity contribution in [1.29, 1.82) is 0 Å². The van der Waals surface area contributed by atoms with Crippen LogP contribution in [-0.2, 0) is 6.54 Å². The molecule has 0 aliphatic carbocycles. The van der Waals surface area contributed by atoms with E-state index in [2.05, 4.69) is 49.8 Å². The van der Waals surface area contributed by atoms with Crippen LogP contribution >= 0.6 is 11.3 Å². The van der Waals surface area contributed by atoms with Gasteiger partial charge in [0.05, 0.1) is 6.54 Å². The topological polar surface area (TPSA) is 28.2 Å². The average Bonchev–Trinajstić information content (AvgIpc) is 2.62. The quantitative estimate of drug-likeness (QED) is 0.912. The molecule has 0 spiro atoms. The molecule has 1 aliphatic heterocycles. The van der Waals surface area contributed by atoms with E-state index < -0.39 is 0 Å². The molecular weight excluding hydrogens is 242 g/mol. The largest absolute Gasteiger partial charge is 0.309 e. The van der Waals surface area contributed by atoms with Crippen LogP contribution in [0.3, 0.4) is 0 Å². The van der Waals surface area contributed by atoms with E-state index in [0.717, 1.165) is 19.6 Å². The second kappa shape index (κ2) is 5.27. The van der Waals surface area contributed by atoms with Gasteiger partial charge in [0.15, 0.2) is 0 Å². The van der Waals surface area contributed by atoms with Crippen LogP contribution in [-0.4, -0.2) is 34.6 Å². The van der Waals surface area contributed by atoms with Crippen molar-refractivity contribution in [2.24, 2.45) is 5.92 Å². The molecule has 0 bridgehead atoms. The first kappa shape index (κ1) is 14.0. The molecule has 3 nitrogen and oxygen atoms in total. The SMILES string of the molecule is Cc1cnc(CN2CC(C)(C)NCC2C(C)C)s1. The van der Waals surface area contributed by atoms with E-state index in [1.807, 2.05) is 17.5 Å². The molecule has 0 radical (unpaired) electrons. The summed E-state index contributed by atoms with van der Waals surface area (Å²) in [4.78, 5) is 8.41. The van der Waals surface area contributed by atoms with E-state index in [0.29, 0.717) is 12.0 Å². The highest BCUT2D eigenvalue weighted by atomic mass is 32.1. The molecule has 0 aromatic carbocycles. The Balaban J connectivity index is 2.10. The fraction of sp³-hybridized carbons (Fsp3) is 0.786. The lowest BCUT2D eigenvalue weighted by molar-refractivity contribution is 0.0627. The number of hydrogen-bond acceptors (Lipinski definition) is 4. The zero-order chi connectivity index (χ0) is 13.3. The Morgan fingerprint density at radius 1 is 1.56 bits per heavy atom. The van der Waals surface area contributed by atoms with Crippen molar-refractivity contribution in [3.05, 3.63) is 16.1 Å². The normalized spacial score (nSPS) is 24.7. The molecule has 0 amide bonds. The van der Waals surface area contributed by atoms with E-state index in [9.17, 15) is 0 Å². The van der Waals surface area contributed by atoms with Crippen molar-refractivity contribution < 1.29 is 0 Å². The summed E-state index contributed by atoms with van der Waals surface area (Å²) in [6.45, 7) is 14.5. The first-order chi connectivity index (χ1) is 8.37. The highest BCUT2D eigenvalue weighted by Gasteiger charge is 2.34. The van der Waals surface area contributed by atoms with E-state index in [1.165, 1.54) is 9.88 Å². The molecule has 18 heavy (non-hydrogen) atoms. The number of aryl methyl sites for hydroxylation is 1. The minimum absolute atomic E-state index is 0.206. The van der Waals surface area contributed by atoms with Crippen LogP contribution in [0, 0.1) is 12.8 Å². The van der Waals surface area contributed by atoms with Gasteiger partial charge in [0.25, 0.3) is 0 Å². The fourth-order valence-corrected chi connectivity index (χ4v) is 3.48. The Morgan fingerprint density at radius 2 is 2.28 bits per heavy atom. The van der Waals surface area contributed by atoms with Gasteiger partial charge in [-0.3, -0.25) is 4.90 Å². The summed E-state index contributed by atoms with van der Waals surface area (Å²) in [7, 11) is 0. The summed E-state index contributed by atoms with van der Waals surface area (Å²) in [5, 5.41) is 4.90. The van der Waals surface area contributed by atoms with E-state index >= 15 is 0 Å². The highest BCUT2D eigenvalue weighted by Crippen LogP contribution is 2.23. The van der Waals surface area contributed by atoms with Crippen molar-refractivity contribution in [1.82, 2.24) is 15.2 Å². The Bertz CT molecular complexity index is 397. The van der Waals surface area contributed by atoms with Crippen LogP contribution in [0.15, 0.2) is 6.20 Å². The molecule has 1 unspecified atom stereocenters. The summed E-state index contributed by atoms with van der Waals surface area (Å²) in [5.41, 5.74) is 0.206. The third-order valence-electron chi connectivity index (χ3n) is 3.63. The molecule has 1 aliphatic rings. The minimum Gasteiger partial charge on any atom is -0.309 e. The Kier molecular flexibility index (Phi) is 4.09. The molecule has 2 rings (SSSR count). The zero-order valence-corrected chi connectivity index (χ0v) is 13.0. The third-order valence-corrected chi connectivity index (χ3v) is 4.53. The molecule has 1 N–H and O–H groups in total. The molecule has 1 saturated heterocycles. The molecule has 1 aromatic rings. The monoisotopic (exact) mass is 267 g/mol. The lowest BCUT2D eigenvalue weighted by atomic mass is 9.93. The molecule has 2 heterocycles. The Labute approximate surface area is 115 Å². The molecule has 1 aromatic heterocycles. The van der Waals surface area contributed by atoms with Crippen LogP contribution < -0.4 is 5.32 Å². The van der Waals surface area contributed by atoms with Gasteiger partial charge >= 0.3 is 0 Å². The van der Waals surface area contributed by atoms with Crippen molar-refractivity contribution in [3.8, 4) is 0 Å². The number of thiazole rings is 1.